The number of anilines is 1. The van der Waals surface area contributed by atoms with E-state index in [1.54, 1.807) is 38.1 Å². The van der Waals surface area contributed by atoms with Gasteiger partial charge < -0.3 is 15.2 Å². The molecule has 3 heterocycles. The fourth-order valence-electron chi connectivity index (χ4n) is 5.71. The average molecular weight is 612 g/mol. The van der Waals surface area contributed by atoms with Gasteiger partial charge in [0, 0.05) is 40.1 Å². The highest BCUT2D eigenvalue weighted by Gasteiger charge is 2.51. The van der Waals surface area contributed by atoms with E-state index in [-0.39, 0.29) is 48.0 Å². The van der Waals surface area contributed by atoms with E-state index >= 15 is 0 Å². The molecule has 3 atom stereocenters. The number of rotatable bonds is 7. The highest BCUT2D eigenvalue weighted by Crippen LogP contribution is 2.52. The summed E-state index contributed by atoms with van der Waals surface area (Å²) < 4.78 is 52.1. The maximum Gasteiger partial charge on any atom is 0.416 e. The van der Waals surface area contributed by atoms with Gasteiger partial charge in [0.05, 0.1) is 30.3 Å². The van der Waals surface area contributed by atoms with Gasteiger partial charge in [0.1, 0.15) is 11.7 Å². The Morgan fingerprint density at radius 2 is 1.86 bits per heavy atom. The largest absolute Gasteiger partial charge is 0.465 e. The number of esters is 2. The van der Waals surface area contributed by atoms with E-state index in [0.717, 1.165) is 17.0 Å². The van der Waals surface area contributed by atoms with Gasteiger partial charge in [0.25, 0.3) is 0 Å². The average Bonchev–Trinajstić information content (AvgIpc) is 3.52. The Labute approximate surface area is 249 Å². The number of Topliss-reactive ketones (excluding diaryl/α,β-unsaturated/α-hetero) is 1. The minimum Gasteiger partial charge on any atom is -0.465 e. The minimum absolute atomic E-state index is 0.00132. The van der Waals surface area contributed by atoms with Crippen LogP contribution in [0.4, 0.5) is 18.9 Å². The van der Waals surface area contributed by atoms with Gasteiger partial charge >= 0.3 is 18.1 Å². The van der Waals surface area contributed by atoms with Crippen LogP contribution in [0.2, 0.25) is 0 Å². The third kappa shape index (κ3) is 5.54. The van der Waals surface area contributed by atoms with Crippen molar-refractivity contribution in [2.45, 2.75) is 38.3 Å². The summed E-state index contributed by atoms with van der Waals surface area (Å²) in [5.41, 5.74) is 6.38. The molecule has 224 valence electrons. The molecule has 0 amide bonds. The molecule has 0 bridgehead atoms. The molecule has 2 aliphatic rings. The van der Waals surface area contributed by atoms with Crippen LogP contribution in [0.1, 0.15) is 48.1 Å². The lowest BCUT2D eigenvalue weighted by atomic mass is 9.68. The van der Waals surface area contributed by atoms with Gasteiger partial charge in [0.2, 0.25) is 0 Å². The molecule has 2 N–H and O–H groups in total. The number of halogens is 3. The Bertz CT molecular complexity index is 1600. The number of benzene rings is 1. The smallest absolute Gasteiger partial charge is 0.416 e. The summed E-state index contributed by atoms with van der Waals surface area (Å²) in [6, 6.07) is 11.3. The number of ketones is 1. The van der Waals surface area contributed by atoms with Gasteiger partial charge in [0.15, 0.2) is 5.78 Å². The Balaban J connectivity index is 1.82. The Morgan fingerprint density at radius 3 is 2.49 bits per heavy atom. The molecule has 0 fully saturated rings. The lowest BCUT2D eigenvalue weighted by molar-refractivity contribution is -0.152. The fourth-order valence-corrected chi connectivity index (χ4v) is 6.57. The predicted molar refractivity (Wildman–Crippen MR) is 153 cm³/mol. The molecule has 2 aromatic heterocycles. The topological polar surface area (TPSA) is 112 Å². The van der Waals surface area contributed by atoms with E-state index < -0.39 is 47.2 Å². The summed E-state index contributed by atoms with van der Waals surface area (Å²) in [5, 5.41) is 1.81. The van der Waals surface area contributed by atoms with E-state index in [9.17, 15) is 27.6 Å². The first-order chi connectivity index (χ1) is 20.6. The second kappa shape index (κ2) is 12.0. The summed E-state index contributed by atoms with van der Waals surface area (Å²) in [6.07, 6.45) is -1.63. The van der Waals surface area contributed by atoms with Crippen LogP contribution in [-0.4, -0.2) is 35.9 Å². The van der Waals surface area contributed by atoms with Crippen molar-refractivity contribution >= 4 is 34.7 Å². The van der Waals surface area contributed by atoms with Gasteiger partial charge in [-0.25, -0.2) is 4.79 Å². The molecular weight excluding hydrogens is 583 g/mol. The number of allylic oxidation sites excluding steroid dienone is 2. The van der Waals surface area contributed by atoms with Gasteiger partial charge in [-0.3, -0.25) is 19.5 Å². The number of nitrogens with two attached hydrogens (primary N) is 1. The van der Waals surface area contributed by atoms with Crippen molar-refractivity contribution < 1.29 is 37.0 Å². The number of pyridine rings is 1. The van der Waals surface area contributed by atoms with E-state index in [1.165, 1.54) is 40.8 Å². The van der Waals surface area contributed by atoms with Crippen molar-refractivity contribution in [3.05, 3.63) is 105 Å². The third-order valence-electron chi connectivity index (χ3n) is 7.43. The quantitative estimate of drug-likeness (QED) is 0.268. The normalized spacial score (nSPS) is 20.6. The van der Waals surface area contributed by atoms with E-state index in [1.807, 2.05) is 5.38 Å². The molecule has 1 aliphatic heterocycles. The summed E-state index contributed by atoms with van der Waals surface area (Å²) in [5.74, 6) is -5.42. The number of carbonyl (C=O) groups excluding carboxylic acids is 3. The molecule has 1 aromatic carbocycles. The SMILES string of the molecule is CCOC(=O)C1=C(N)N(c2cccc(C(F)(F)F)c2)C2=C(C(=O)[C@H](C(=O)OCC)[C@@H](c3cccs3)C2)[C@@H]1c1cccnc1. The van der Waals surface area contributed by atoms with Crippen LogP contribution in [0, 0.1) is 5.92 Å². The highest BCUT2D eigenvalue weighted by atomic mass is 32.1. The number of hydrogen-bond donors (Lipinski definition) is 1. The highest BCUT2D eigenvalue weighted by molar-refractivity contribution is 7.10. The van der Waals surface area contributed by atoms with Crippen LogP contribution < -0.4 is 10.6 Å². The number of hydrogen-bond acceptors (Lipinski definition) is 9. The Kier molecular flexibility index (Phi) is 8.41. The summed E-state index contributed by atoms with van der Waals surface area (Å²) in [7, 11) is 0. The van der Waals surface area contributed by atoms with E-state index in [4.69, 9.17) is 15.2 Å². The lowest BCUT2D eigenvalue weighted by Crippen LogP contribution is -2.46. The molecular formula is C31H28F3N3O5S. The van der Waals surface area contributed by atoms with Crippen LogP contribution >= 0.6 is 11.3 Å². The summed E-state index contributed by atoms with van der Waals surface area (Å²) in [4.78, 5) is 47.7. The minimum atomic E-state index is -4.67. The second-order valence-electron chi connectivity index (χ2n) is 9.90. The van der Waals surface area contributed by atoms with Gasteiger partial charge in [-0.05, 0) is 61.5 Å². The number of aromatic nitrogens is 1. The van der Waals surface area contributed by atoms with Crippen LogP contribution in [0.15, 0.2) is 89.0 Å². The summed E-state index contributed by atoms with van der Waals surface area (Å²) in [6.45, 7) is 3.24. The standard InChI is InChI=1S/C31H28F3N3O5S/c1-3-41-29(39)24-20(22-11-7-13-43-22)15-21-25(27(24)38)23(17-8-6-12-36-16-17)26(30(40)42-4-2)28(35)37(21)19-10-5-9-18(14-19)31(32,33)34/h5-14,16,20,23-24H,3-4,15,35H2,1-2H3/t20-,23+,24-/m1/s1. The molecule has 0 spiro atoms. The number of thiophene rings is 1. The number of ether oxygens (including phenoxy) is 2. The van der Waals surface area contributed by atoms with E-state index in [0.29, 0.717) is 5.56 Å². The molecule has 0 saturated carbocycles. The van der Waals surface area contributed by atoms with Crippen LogP contribution in [0.5, 0.6) is 0 Å². The maximum absolute atomic E-state index is 14.6. The molecule has 43 heavy (non-hydrogen) atoms. The molecule has 5 rings (SSSR count). The molecule has 0 unspecified atom stereocenters. The third-order valence-corrected chi connectivity index (χ3v) is 8.44. The first kappa shape index (κ1) is 30.0. The van der Waals surface area contributed by atoms with Crippen molar-refractivity contribution in [2.75, 3.05) is 18.1 Å². The van der Waals surface area contributed by atoms with Crippen LogP contribution in [0.25, 0.3) is 0 Å². The number of carbonyl (C=O) groups is 3. The van der Waals surface area contributed by atoms with Crippen molar-refractivity contribution in [3.63, 3.8) is 0 Å². The Morgan fingerprint density at radius 1 is 1.09 bits per heavy atom. The van der Waals surface area contributed by atoms with Crippen molar-refractivity contribution in [3.8, 4) is 0 Å². The van der Waals surface area contributed by atoms with Gasteiger partial charge in [-0.1, -0.05) is 18.2 Å². The lowest BCUT2D eigenvalue weighted by Gasteiger charge is -2.43. The molecule has 0 saturated heterocycles. The first-order valence-corrected chi connectivity index (χ1v) is 14.5. The van der Waals surface area contributed by atoms with Gasteiger partial charge in [-0.2, -0.15) is 13.2 Å². The van der Waals surface area contributed by atoms with Crippen molar-refractivity contribution in [2.24, 2.45) is 11.7 Å². The second-order valence-corrected chi connectivity index (χ2v) is 10.9. The molecule has 8 nitrogen and oxygen atoms in total. The fraction of sp³-hybridized carbons (Fsp3) is 0.290. The first-order valence-electron chi connectivity index (χ1n) is 13.6. The number of nitrogens with zero attached hydrogens (tertiary/aromatic N) is 2. The zero-order chi connectivity index (χ0) is 30.9. The predicted octanol–water partition coefficient (Wildman–Crippen LogP) is 5.69. The molecule has 0 radical (unpaired) electrons. The zero-order valence-electron chi connectivity index (χ0n) is 23.3. The van der Waals surface area contributed by atoms with Crippen molar-refractivity contribution in [1.29, 1.82) is 0 Å². The van der Waals surface area contributed by atoms with Crippen molar-refractivity contribution in [1.82, 2.24) is 4.98 Å². The monoisotopic (exact) mass is 611 g/mol. The molecule has 12 heteroatoms. The van der Waals surface area contributed by atoms with E-state index in [2.05, 4.69) is 4.98 Å². The number of alkyl halides is 3. The van der Waals surface area contributed by atoms with Crippen LogP contribution in [0.3, 0.4) is 0 Å². The maximum atomic E-state index is 14.6. The summed E-state index contributed by atoms with van der Waals surface area (Å²) >= 11 is 1.35. The van der Waals surface area contributed by atoms with Gasteiger partial charge in [-0.15, -0.1) is 11.3 Å². The zero-order valence-corrected chi connectivity index (χ0v) is 24.1. The Hall–Kier alpha value is -4.45. The molecule has 3 aromatic rings. The molecule has 1 aliphatic carbocycles. The van der Waals surface area contributed by atoms with Crippen LogP contribution in [-0.2, 0) is 30.0 Å².